The number of terminal acetylenes is 1. The number of aliphatic hydroxyl groups excluding tert-OH is 1. The van der Waals surface area contributed by atoms with Crippen molar-refractivity contribution in [2.75, 3.05) is 0 Å². The first-order valence-corrected chi connectivity index (χ1v) is 10.5. The number of hydrogen-bond donors (Lipinski definition) is 2. The Kier molecular flexibility index (Phi) is 4.49. The summed E-state index contributed by atoms with van der Waals surface area (Å²) >= 11 is 0. The van der Waals surface area contributed by atoms with Gasteiger partial charge in [0, 0.05) is 12.3 Å². The first-order valence-electron chi connectivity index (χ1n) is 10.5. The molecule has 3 saturated carbocycles. The lowest BCUT2D eigenvalue weighted by atomic mass is 9.47. The molecule has 0 aromatic carbocycles. The van der Waals surface area contributed by atoms with E-state index in [1.54, 1.807) is 0 Å². The van der Waals surface area contributed by atoms with Crippen LogP contribution in [0.5, 0.6) is 0 Å². The Morgan fingerprint density at radius 2 is 2.04 bits per heavy atom. The molecular formula is C23H31FO4. The predicted octanol–water partition coefficient (Wildman–Crippen LogP) is 3.16. The van der Waals surface area contributed by atoms with Gasteiger partial charge in [-0.1, -0.05) is 25.8 Å². The molecule has 0 aromatic heterocycles. The SMILES string of the molecule is C#CC1(O)C(OC(C)=O)C[C@H]2[C@@H]3CC=C4C(F)C(O)CC[C@]4(C)[C@@H]3CC[C@@]21C. The summed E-state index contributed by atoms with van der Waals surface area (Å²) in [5.74, 6) is 2.80. The van der Waals surface area contributed by atoms with Crippen molar-refractivity contribution in [3.8, 4) is 12.3 Å². The lowest BCUT2D eigenvalue weighted by Gasteiger charge is -2.58. The number of fused-ring (bicyclic) bond motifs is 5. The van der Waals surface area contributed by atoms with Gasteiger partial charge in [0.15, 0.2) is 5.60 Å². The van der Waals surface area contributed by atoms with Gasteiger partial charge in [-0.3, -0.25) is 4.79 Å². The molecule has 0 bridgehead atoms. The molecule has 0 spiro atoms. The van der Waals surface area contributed by atoms with Gasteiger partial charge in [-0.25, -0.2) is 4.39 Å². The standard InChI is InChI=1S/C23H31FO4/c1-5-23(27)19(28-13(2)25)12-17-14-6-7-16-20(24)18(26)9-10-21(16,3)15(14)8-11-22(17,23)4/h1,7,14-15,17-20,26-27H,6,8-12H2,2-4H3/t14-,15-,17+,18?,19?,20?,21-,22+,23?/m1/s1. The second-order valence-electron chi connectivity index (χ2n) is 9.90. The maximum Gasteiger partial charge on any atom is 0.303 e. The van der Waals surface area contributed by atoms with Crippen molar-refractivity contribution < 1.29 is 24.1 Å². The Hall–Kier alpha value is -1.38. The van der Waals surface area contributed by atoms with Crippen LogP contribution >= 0.6 is 0 Å². The molecule has 0 aliphatic heterocycles. The monoisotopic (exact) mass is 390 g/mol. The van der Waals surface area contributed by atoms with Gasteiger partial charge in [0.2, 0.25) is 0 Å². The lowest BCUT2D eigenvalue weighted by molar-refractivity contribution is -0.163. The number of carbonyl (C=O) groups excluding carboxylic acids is 1. The molecule has 4 aliphatic rings. The van der Waals surface area contributed by atoms with E-state index < -0.39 is 35.4 Å². The highest BCUT2D eigenvalue weighted by molar-refractivity contribution is 5.66. The van der Waals surface area contributed by atoms with Gasteiger partial charge in [0.1, 0.15) is 12.3 Å². The first kappa shape index (κ1) is 19.9. The zero-order valence-corrected chi connectivity index (χ0v) is 17.0. The Morgan fingerprint density at radius 1 is 1.32 bits per heavy atom. The van der Waals surface area contributed by atoms with Crippen molar-refractivity contribution in [1.29, 1.82) is 0 Å². The molecule has 4 aliphatic carbocycles. The van der Waals surface area contributed by atoms with Gasteiger partial charge >= 0.3 is 5.97 Å². The number of ether oxygens (including phenoxy) is 1. The van der Waals surface area contributed by atoms with E-state index in [4.69, 9.17) is 11.2 Å². The highest BCUT2D eigenvalue weighted by atomic mass is 19.1. The Morgan fingerprint density at radius 3 is 2.68 bits per heavy atom. The van der Waals surface area contributed by atoms with Crippen LogP contribution in [0.3, 0.4) is 0 Å². The van der Waals surface area contributed by atoms with E-state index in [1.165, 1.54) is 6.92 Å². The van der Waals surface area contributed by atoms with Gasteiger partial charge in [0.25, 0.3) is 0 Å². The maximum absolute atomic E-state index is 14.8. The molecule has 4 unspecified atom stereocenters. The number of hydrogen-bond acceptors (Lipinski definition) is 4. The number of rotatable bonds is 1. The van der Waals surface area contributed by atoms with Crippen LogP contribution in [0.2, 0.25) is 0 Å². The molecule has 3 fully saturated rings. The second-order valence-corrected chi connectivity index (χ2v) is 9.90. The maximum atomic E-state index is 14.8. The summed E-state index contributed by atoms with van der Waals surface area (Å²) in [5.41, 5.74) is -1.52. The zero-order chi connectivity index (χ0) is 20.5. The summed E-state index contributed by atoms with van der Waals surface area (Å²) in [6, 6.07) is 0. The average molecular weight is 390 g/mol. The third-order valence-electron chi connectivity index (χ3n) is 8.84. The average Bonchev–Trinajstić information content (AvgIpc) is 2.86. The predicted molar refractivity (Wildman–Crippen MR) is 103 cm³/mol. The summed E-state index contributed by atoms with van der Waals surface area (Å²) in [6.45, 7) is 5.51. The smallest absolute Gasteiger partial charge is 0.303 e. The quantitative estimate of drug-likeness (QED) is 0.410. The molecule has 0 saturated heterocycles. The van der Waals surface area contributed by atoms with Crippen LogP contribution in [-0.2, 0) is 9.53 Å². The largest absolute Gasteiger partial charge is 0.458 e. The van der Waals surface area contributed by atoms with Crippen LogP contribution in [0.25, 0.3) is 0 Å². The molecule has 4 nitrogen and oxygen atoms in total. The topological polar surface area (TPSA) is 66.8 Å². The van der Waals surface area contributed by atoms with Crippen LogP contribution < -0.4 is 0 Å². The van der Waals surface area contributed by atoms with Crippen molar-refractivity contribution >= 4 is 5.97 Å². The first-order chi connectivity index (χ1) is 13.1. The number of esters is 1. The normalized spacial score (nSPS) is 52.5. The van der Waals surface area contributed by atoms with Gasteiger partial charge < -0.3 is 14.9 Å². The summed E-state index contributed by atoms with van der Waals surface area (Å²) in [6.07, 6.45) is 8.96. The minimum atomic E-state index is -1.48. The molecule has 154 valence electrons. The third-order valence-corrected chi connectivity index (χ3v) is 8.84. The van der Waals surface area contributed by atoms with Crippen LogP contribution in [-0.4, -0.2) is 40.2 Å². The van der Waals surface area contributed by atoms with Gasteiger partial charge in [-0.15, -0.1) is 6.42 Å². The molecule has 9 atom stereocenters. The fourth-order valence-electron chi connectivity index (χ4n) is 7.26. The molecule has 4 rings (SSSR count). The summed E-state index contributed by atoms with van der Waals surface area (Å²) in [7, 11) is 0. The van der Waals surface area contributed by atoms with Crippen LogP contribution in [0.1, 0.15) is 59.3 Å². The molecule has 0 heterocycles. The van der Waals surface area contributed by atoms with E-state index in [0.717, 1.165) is 31.3 Å². The van der Waals surface area contributed by atoms with E-state index in [0.29, 0.717) is 12.8 Å². The summed E-state index contributed by atoms with van der Waals surface area (Å²) in [5, 5.41) is 21.4. The van der Waals surface area contributed by atoms with E-state index >= 15 is 0 Å². The third kappa shape index (κ3) is 2.40. The van der Waals surface area contributed by atoms with Crippen molar-refractivity contribution in [3.63, 3.8) is 0 Å². The molecule has 5 heteroatoms. The Balaban J connectivity index is 1.72. The van der Waals surface area contributed by atoms with E-state index in [1.807, 2.05) is 13.0 Å². The van der Waals surface area contributed by atoms with Gasteiger partial charge in [-0.2, -0.15) is 0 Å². The van der Waals surface area contributed by atoms with Crippen LogP contribution in [0.4, 0.5) is 4.39 Å². The van der Waals surface area contributed by atoms with Crippen LogP contribution in [0.15, 0.2) is 11.6 Å². The highest BCUT2D eigenvalue weighted by Crippen LogP contribution is 2.67. The van der Waals surface area contributed by atoms with Crippen LogP contribution in [0, 0.1) is 40.9 Å². The van der Waals surface area contributed by atoms with Crippen molar-refractivity contribution in [2.45, 2.75) is 83.3 Å². The Bertz CT molecular complexity index is 756. The molecule has 0 aromatic rings. The van der Waals surface area contributed by atoms with Crippen molar-refractivity contribution in [3.05, 3.63) is 11.6 Å². The number of allylic oxidation sites excluding steroid dienone is 1. The second kappa shape index (κ2) is 6.31. The lowest BCUT2D eigenvalue weighted by Crippen LogP contribution is -2.57. The van der Waals surface area contributed by atoms with Gasteiger partial charge in [-0.05, 0) is 67.3 Å². The molecule has 28 heavy (non-hydrogen) atoms. The summed E-state index contributed by atoms with van der Waals surface area (Å²) < 4.78 is 20.3. The molecule has 0 radical (unpaired) electrons. The van der Waals surface area contributed by atoms with Crippen molar-refractivity contribution in [2.24, 2.45) is 28.6 Å². The number of alkyl halides is 1. The number of carbonyl (C=O) groups is 1. The number of aliphatic hydroxyl groups is 2. The Labute approximate surface area is 166 Å². The fourth-order valence-corrected chi connectivity index (χ4v) is 7.26. The minimum absolute atomic E-state index is 0.108. The highest BCUT2D eigenvalue weighted by Gasteiger charge is 2.68. The van der Waals surface area contributed by atoms with E-state index in [9.17, 15) is 19.4 Å². The zero-order valence-electron chi connectivity index (χ0n) is 17.0. The van der Waals surface area contributed by atoms with E-state index in [-0.39, 0.29) is 23.2 Å². The summed E-state index contributed by atoms with van der Waals surface area (Å²) in [4.78, 5) is 11.6. The number of halogens is 1. The molecule has 2 N–H and O–H groups in total. The van der Waals surface area contributed by atoms with E-state index in [2.05, 4.69) is 12.8 Å². The van der Waals surface area contributed by atoms with Gasteiger partial charge in [0.05, 0.1) is 6.10 Å². The minimum Gasteiger partial charge on any atom is -0.458 e. The molecule has 0 amide bonds. The van der Waals surface area contributed by atoms with Crippen molar-refractivity contribution in [1.82, 2.24) is 0 Å². The molecular weight excluding hydrogens is 359 g/mol. The fraction of sp³-hybridized carbons (Fsp3) is 0.783.